The van der Waals surface area contributed by atoms with E-state index < -0.39 is 7.12 Å². The second-order valence-corrected chi connectivity index (χ2v) is 5.27. The third-order valence-electron chi connectivity index (χ3n) is 3.86. The maximum absolute atomic E-state index is 9.11. The van der Waals surface area contributed by atoms with Crippen molar-refractivity contribution in [3.63, 3.8) is 0 Å². The molecule has 1 heterocycles. The predicted molar refractivity (Wildman–Crippen MR) is 82.1 cm³/mol. The fraction of sp³-hybridized carbons (Fsp3) is 0.250. The zero-order valence-corrected chi connectivity index (χ0v) is 11.4. The molecule has 0 atom stereocenters. The van der Waals surface area contributed by atoms with E-state index >= 15 is 0 Å². The van der Waals surface area contributed by atoms with Gasteiger partial charge in [0.1, 0.15) is 0 Å². The van der Waals surface area contributed by atoms with Gasteiger partial charge in [0.25, 0.3) is 0 Å². The molecule has 4 heteroatoms. The van der Waals surface area contributed by atoms with Gasteiger partial charge in [-0.05, 0) is 35.5 Å². The van der Waals surface area contributed by atoms with Crippen LogP contribution in [0.3, 0.4) is 0 Å². The molecule has 0 fully saturated rings. The van der Waals surface area contributed by atoms with E-state index in [1.807, 2.05) is 12.1 Å². The predicted octanol–water partition coefficient (Wildman–Crippen LogP) is 1.32. The number of benzene rings is 2. The Morgan fingerprint density at radius 1 is 1.00 bits per heavy atom. The summed E-state index contributed by atoms with van der Waals surface area (Å²) in [5, 5.41) is 18.2. The fourth-order valence-electron chi connectivity index (χ4n) is 2.79. The molecule has 1 aliphatic rings. The Balaban J connectivity index is 1.78. The van der Waals surface area contributed by atoms with Crippen molar-refractivity contribution >= 4 is 18.3 Å². The normalized spacial score (nSPS) is 14.0. The monoisotopic (exact) mass is 267 g/mol. The molecule has 3 rings (SSSR count). The van der Waals surface area contributed by atoms with E-state index in [-0.39, 0.29) is 0 Å². The van der Waals surface area contributed by atoms with Crippen LogP contribution in [0.15, 0.2) is 48.5 Å². The molecule has 0 saturated heterocycles. The number of rotatable bonds is 3. The van der Waals surface area contributed by atoms with E-state index in [2.05, 4.69) is 29.2 Å². The maximum atomic E-state index is 9.11. The van der Waals surface area contributed by atoms with Gasteiger partial charge in [0, 0.05) is 18.8 Å². The minimum absolute atomic E-state index is 0.535. The van der Waals surface area contributed by atoms with Gasteiger partial charge in [0.15, 0.2) is 0 Å². The van der Waals surface area contributed by atoms with Gasteiger partial charge in [0.05, 0.1) is 0 Å². The fourth-order valence-corrected chi connectivity index (χ4v) is 2.79. The quantitative estimate of drug-likeness (QED) is 0.824. The Hall–Kier alpha value is -1.78. The molecule has 20 heavy (non-hydrogen) atoms. The molecular weight excluding hydrogens is 249 g/mol. The highest BCUT2D eigenvalue weighted by atomic mass is 16.4. The van der Waals surface area contributed by atoms with Gasteiger partial charge in [-0.1, -0.05) is 42.5 Å². The molecule has 0 spiro atoms. The number of para-hydroxylation sites is 1. The topological polar surface area (TPSA) is 43.7 Å². The van der Waals surface area contributed by atoms with Crippen LogP contribution in [-0.2, 0) is 13.0 Å². The summed E-state index contributed by atoms with van der Waals surface area (Å²) in [6, 6.07) is 16.0. The highest BCUT2D eigenvalue weighted by molar-refractivity contribution is 6.58. The van der Waals surface area contributed by atoms with Crippen molar-refractivity contribution in [3.8, 4) is 0 Å². The first-order valence-corrected chi connectivity index (χ1v) is 7.02. The van der Waals surface area contributed by atoms with Gasteiger partial charge in [-0.25, -0.2) is 0 Å². The molecule has 2 aromatic carbocycles. The van der Waals surface area contributed by atoms with E-state index in [0.717, 1.165) is 19.5 Å². The first-order chi connectivity index (χ1) is 9.74. The summed E-state index contributed by atoms with van der Waals surface area (Å²) in [5.74, 6) is 0. The molecule has 0 aromatic heterocycles. The van der Waals surface area contributed by atoms with Crippen LogP contribution >= 0.6 is 0 Å². The summed E-state index contributed by atoms with van der Waals surface area (Å²) in [6.45, 7) is 1.93. The number of hydrogen-bond donors (Lipinski definition) is 2. The zero-order chi connectivity index (χ0) is 13.9. The van der Waals surface area contributed by atoms with E-state index in [1.54, 1.807) is 12.1 Å². The molecule has 3 nitrogen and oxygen atoms in total. The smallest absolute Gasteiger partial charge is 0.423 e. The summed E-state index contributed by atoms with van der Waals surface area (Å²) in [5.41, 5.74) is 4.46. The number of nitrogens with zero attached hydrogens (tertiary/aromatic N) is 1. The van der Waals surface area contributed by atoms with Crippen LogP contribution < -0.4 is 10.4 Å². The first-order valence-electron chi connectivity index (χ1n) is 7.02. The molecule has 0 bridgehead atoms. The Bertz CT molecular complexity index is 583. The average Bonchev–Trinajstić information content (AvgIpc) is 2.48. The summed E-state index contributed by atoms with van der Waals surface area (Å²) in [6.07, 6.45) is 2.34. The van der Waals surface area contributed by atoms with Crippen LogP contribution in [0.4, 0.5) is 5.69 Å². The SMILES string of the molecule is OB(O)c1ccc(CN2CCCc3ccccc32)cc1. The van der Waals surface area contributed by atoms with Gasteiger partial charge in [-0.2, -0.15) is 0 Å². The Labute approximate surface area is 119 Å². The van der Waals surface area contributed by atoms with Gasteiger partial charge < -0.3 is 14.9 Å². The Morgan fingerprint density at radius 3 is 2.50 bits per heavy atom. The van der Waals surface area contributed by atoms with Crippen molar-refractivity contribution in [2.24, 2.45) is 0 Å². The minimum atomic E-state index is -1.39. The van der Waals surface area contributed by atoms with E-state index in [9.17, 15) is 0 Å². The molecule has 102 valence electrons. The van der Waals surface area contributed by atoms with Crippen molar-refractivity contribution in [1.29, 1.82) is 0 Å². The van der Waals surface area contributed by atoms with Crippen LogP contribution in [0.2, 0.25) is 0 Å². The van der Waals surface area contributed by atoms with E-state index in [1.165, 1.54) is 23.2 Å². The molecule has 0 saturated carbocycles. The molecule has 0 amide bonds. The average molecular weight is 267 g/mol. The number of anilines is 1. The summed E-state index contributed by atoms with van der Waals surface area (Å²) in [4.78, 5) is 2.39. The van der Waals surface area contributed by atoms with Crippen molar-refractivity contribution in [2.75, 3.05) is 11.4 Å². The molecule has 2 aromatic rings. The molecule has 0 radical (unpaired) electrons. The van der Waals surface area contributed by atoms with Gasteiger partial charge in [0.2, 0.25) is 0 Å². The second kappa shape index (κ2) is 5.69. The lowest BCUT2D eigenvalue weighted by Gasteiger charge is -2.31. The molecular formula is C16H18BNO2. The third-order valence-corrected chi connectivity index (χ3v) is 3.86. The van der Waals surface area contributed by atoms with Crippen LogP contribution in [0, 0.1) is 0 Å². The van der Waals surface area contributed by atoms with Crippen LogP contribution in [0.5, 0.6) is 0 Å². The zero-order valence-electron chi connectivity index (χ0n) is 11.4. The van der Waals surface area contributed by atoms with Crippen molar-refractivity contribution in [1.82, 2.24) is 0 Å². The van der Waals surface area contributed by atoms with Gasteiger partial charge >= 0.3 is 7.12 Å². The van der Waals surface area contributed by atoms with Crippen LogP contribution in [-0.4, -0.2) is 23.7 Å². The standard InChI is InChI=1S/C16H18BNO2/c19-17(20)15-9-7-13(8-10-15)12-18-11-3-5-14-4-1-2-6-16(14)18/h1-2,4,6-10,19-20H,3,5,11-12H2. The summed E-state index contributed by atoms with van der Waals surface area (Å²) >= 11 is 0. The van der Waals surface area contributed by atoms with Crippen molar-refractivity contribution < 1.29 is 10.0 Å². The largest absolute Gasteiger partial charge is 0.488 e. The molecule has 0 aliphatic carbocycles. The minimum Gasteiger partial charge on any atom is -0.423 e. The van der Waals surface area contributed by atoms with E-state index in [0.29, 0.717) is 5.46 Å². The molecule has 1 aliphatic heterocycles. The highest BCUT2D eigenvalue weighted by Gasteiger charge is 2.16. The molecule has 0 unspecified atom stereocenters. The Morgan fingerprint density at radius 2 is 1.75 bits per heavy atom. The number of hydrogen-bond acceptors (Lipinski definition) is 3. The van der Waals surface area contributed by atoms with Crippen molar-refractivity contribution in [3.05, 3.63) is 59.7 Å². The lowest BCUT2D eigenvalue weighted by molar-refractivity contribution is 0.426. The highest BCUT2D eigenvalue weighted by Crippen LogP contribution is 2.27. The lowest BCUT2D eigenvalue weighted by Crippen LogP contribution is -2.31. The second-order valence-electron chi connectivity index (χ2n) is 5.27. The molecule has 2 N–H and O–H groups in total. The summed E-state index contributed by atoms with van der Waals surface area (Å²) in [7, 11) is -1.39. The summed E-state index contributed by atoms with van der Waals surface area (Å²) < 4.78 is 0. The first kappa shape index (κ1) is 13.2. The maximum Gasteiger partial charge on any atom is 0.488 e. The number of fused-ring (bicyclic) bond motifs is 1. The Kier molecular flexibility index (Phi) is 3.76. The van der Waals surface area contributed by atoms with Crippen LogP contribution in [0.1, 0.15) is 17.5 Å². The van der Waals surface area contributed by atoms with Crippen molar-refractivity contribution in [2.45, 2.75) is 19.4 Å². The third kappa shape index (κ3) is 2.71. The number of aryl methyl sites for hydroxylation is 1. The van der Waals surface area contributed by atoms with Gasteiger partial charge in [-0.15, -0.1) is 0 Å². The van der Waals surface area contributed by atoms with Gasteiger partial charge in [-0.3, -0.25) is 0 Å². The lowest BCUT2D eigenvalue weighted by atomic mass is 9.80. The van der Waals surface area contributed by atoms with E-state index in [4.69, 9.17) is 10.0 Å². The van der Waals surface area contributed by atoms with Crippen LogP contribution in [0.25, 0.3) is 0 Å².